The molecule has 0 spiro atoms. The first kappa shape index (κ1) is 15.6. The summed E-state index contributed by atoms with van der Waals surface area (Å²) < 4.78 is 0. The van der Waals surface area contributed by atoms with Crippen LogP contribution in [0.15, 0.2) is 11.6 Å². The molecule has 0 aromatic heterocycles. The molecule has 2 rings (SSSR count). The highest BCUT2D eigenvalue weighted by molar-refractivity contribution is 5.78. The van der Waals surface area contributed by atoms with E-state index in [9.17, 15) is 9.90 Å². The van der Waals surface area contributed by atoms with Gasteiger partial charge in [0.05, 0.1) is 5.60 Å². The van der Waals surface area contributed by atoms with Gasteiger partial charge in [0.2, 0.25) is 5.91 Å². The quantitative estimate of drug-likeness (QED) is 0.758. The molecule has 20 heavy (non-hydrogen) atoms. The summed E-state index contributed by atoms with van der Waals surface area (Å²) in [7, 11) is 0. The van der Waals surface area contributed by atoms with Crippen LogP contribution < -0.4 is 5.32 Å². The van der Waals surface area contributed by atoms with Gasteiger partial charge in [-0.05, 0) is 57.3 Å². The minimum absolute atomic E-state index is 0.0733. The second kappa shape index (κ2) is 7.26. The second-order valence-electron chi connectivity index (χ2n) is 6.64. The van der Waals surface area contributed by atoms with E-state index in [-0.39, 0.29) is 5.91 Å². The van der Waals surface area contributed by atoms with Gasteiger partial charge in [0.25, 0.3) is 0 Å². The molecule has 1 amide bonds. The topological polar surface area (TPSA) is 49.3 Å². The standard InChI is InChI=1S/C17H29NO2/c1-2-14-8-10-17(20,11-9-14)13-18-16(19)12-15-6-4-3-5-7-15/h6,14,20H,2-5,7-13H2,1H3,(H,18,19). The molecule has 1 fully saturated rings. The first-order valence-corrected chi connectivity index (χ1v) is 8.28. The molecule has 0 aromatic carbocycles. The van der Waals surface area contributed by atoms with Gasteiger partial charge in [-0.2, -0.15) is 0 Å². The Morgan fingerprint density at radius 2 is 2.15 bits per heavy atom. The molecule has 2 aliphatic rings. The average Bonchev–Trinajstić information content (AvgIpc) is 2.47. The van der Waals surface area contributed by atoms with E-state index in [0.29, 0.717) is 13.0 Å². The van der Waals surface area contributed by atoms with Crippen LogP contribution in [-0.4, -0.2) is 23.2 Å². The Balaban J connectivity index is 1.71. The van der Waals surface area contributed by atoms with Crippen LogP contribution in [0.3, 0.4) is 0 Å². The number of hydrogen-bond acceptors (Lipinski definition) is 2. The Morgan fingerprint density at radius 1 is 1.40 bits per heavy atom. The number of aliphatic hydroxyl groups is 1. The van der Waals surface area contributed by atoms with Gasteiger partial charge in [-0.1, -0.05) is 25.0 Å². The SMILES string of the molecule is CCC1CCC(O)(CNC(=O)CC2=CCCCC2)CC1. The number of allylic oxidation sites excluding steroid dienone is 1. The summed E-state index contributed by atoms with van der Waals surface area (Å²) in [6.45, 7) is 2.64. The molecule has 3 heteroatoms. The third-order valence-corrected chi connectivity index (χ3v) is 5.00. The third kappa shape index (κ3) is 4.62. The molecular weight excluding hydrogens is 250 g/mol. The first-order valence-electron chi connectivity index (χ1n) is 8.28. The van der Waals surface area contributed by atoms with Gasteiger partial charge in [-0.15, -0.1) is 0 Å². The van der Waals surface area contributed by atoms with Crippen molar-refractivity contribution in [3.8, 4) is 0 Å². The van der Waals surface area contributed by atoms with Crippen LogP contribution in [-0.2, 0) is 4.79 Å². The van der Waals surface area contributed by atoms with E-state index in [4.69, 9.17) is 0 Å². The summed E-state index contributed by atoms with van der Waals surface area (Å²) in [5, 5.41) is 13.5. The van der Waals surface area contributed by atoms with E-state index in [1.807, 2.05) is 0 Å². The van der Waals surface area contributed by atoms with Crippen molar-refractivity contribution in [2.24, 2.45) is 5.92 Å². The summed E-state index contributed by atoms with van der Waals surface area (Å²) >= 11 is 0. The van der Waals surface area contributed by atoms with Gasteiger partial charge in [-0.25, -0.2) is 0 Å². The monoisotopic (exact) mass is 279 g/mol. The lowest BCUT2D eigenvalue weighted by molar-refractivity contribution is -0.122. The highest BCUT2D eigenvalue weighted by Crippen LogP contribution is 2.33. The zero-order valence-corrected chi connectivity index (χ0v) is 12.8. The van der Waals surface area contributed by atoms with Crippen LogP contribution >= 0.6 is 0 Å². The maximum absolute atomic E-state index is 12.0. The van der Waals surface area contributed by atoms with Gasteiger partial charge >= 0.3 is 0 Å². The molecule has 0 heterocycles. The fraction of sp³-hybridized carbons (Fsp3) is 0.824. The zero-order chi connectivity index (χ0) is 14.4. The Labute approximate surface area is 122 Å². The van der Waals surface area contributed by atoms with Crippen LogP contribution in [0, 0.1) is 5.92 Å². The Bertz CT molecular complexity index is 354. The molecule has 2 N–H and O–H groups in total. The summed E-state index contributed by atoms with van der Waals surface area (Å²) in [6, 6.07) is 0. The number of carbonyl (C=O) groups excluding carboxylic acids is 1. The van der Waals surface area contributed by atoms with Crippen molar-refractivity contribution in [1.82, 2.24) is 5.32 Å². The predicted molar refractivity (Wildman–Crippen MR) is 81.4 cm³/mol. The minimum Gasteiger partial charge on any atom is -0.388 e. The van der Waals surface area contributed by atoms with Crippen LogP contribution in [0.2, 0.25) is 0 Å². The first-order chi connectivity index (χ1) is 9.61. The molecular formula is C17H29NO2. The highest BCUT2D eigenvalue weighted by atomic mass is 16.3. The lowest BCUT2D eigenvalue weighted by Gasteiger charge is -2.35. The van der Waals surface area contributed by atoms with E-state index in [1.165, 1.54) is 24.8 Å². The van der Waals surface area contributed by atoms with E-state index in [2.05, 4.69) is 18.3 Å². The van der Waals surface area contributed by atoms with Crippen molar-refractivity contribution in [1.29, 1.82) is 0 Å². The Hall–Kier alpha value is -0.830. The number of carbonyl (C=O) groups is 1. The van der Waals surface area contributed by atoms with E-state index >= 15 is 0 Å². The van der Waals surface area contributed by atoms with Crippen molar-refractivity contribution < 1.29 is 9.90 Å². The number of rotatable bonds is 5. The summed E-state index contributed by atoms with van der Waals surface area (Å²) in [6.07, 6.45) is 12.4. The lowest BCUT2D eigenvalue weighted by Crippen LogP contribution is -2.45. The van der Waals surface area contributed by atoms with Crippen LogP contribution in [0.1, 0.15) is 71.1 Å². The molecule has 0 atom stereocenters. The lowest BCUT2D eigenvalue weighted by atomic mass is 9.78. The Kier molecular flexibility index (Phi) is 5.64. The number of hydrogen-bond donors (Lipinski definition) is 2. The molecule has 1 saturated carbocycles. The second-order valence-corrected chi connectivity index (χ2v) is 6.64. The predicted octanol–water partition coefficient (Wildman–Crippen LogP) is 3.32. The van der Waals surface area contributed by atoms with Crippen LogP contribution in [0.5, 0.6) is 0 Å². The van der Waals surface area contributed by atoms with Gasteiger partial charge < -0.3 is 10.4 Å². The van der Waals surface area contributed by atoms with E-state index in [0.717, 1.165) is 44.4 Å². The molecule has 0 radical (unpaired) electrons. The van der Waals surface area contributed by atoms with Crippen LogP contribution in [0.4, 0.5) is 0 Å². The highest BCUT2D eigenvalue weighted by Gasteiger charge is 2.32. The van der Waals surface area contributed by atoms with Crippen molar-refractivity contribution in [3.05, 3.63) is 11.6 Å². The molecule has 0 bridgehead atoms. The van der Waals surface area contributed by atoms with Gasteiger partial charge in [-0.3, -0.25) is 4.79 Å². The normalized spacial score (nSPS) is 30.7. The number of amides is 1. The maximum atomic E-state index is 12.0. The van der Waals surface area contributed by atoms with E-state index in [1.54, 1.807) is 0 Å². The van der Waals surface area contributed by atoms with Crippen molar-refractivity contribution in [3.63, 3.8) is 0 Å². The average molecular weight is 279 g/mol. The summed E-state index contributed by atoms with van der Waals surface area (Å²) in [5.41, 5.74) is 0.609. The number of nitrogens with one attached hydrogen (secondary N) is 1. The van der Waals surface area contributed by atoms with Gasteiger partial charge in [0.15, 0.2) is 0 Å². The molecule has 0 unspecified atom stereocenters. The van der Waals surface area contributed by atoms with Crippen molar-refractivity contribution >= 4 is 5.91 Å². The summed E-state index contributed by atoms with van der Waals surface area (Å²) in [5.74, 6) is 0.836. The smallest absolute Gasteiger partial charge is 0.224 e. The largest absolute Gasteiger partial charge is 0.388 e. The fourth-order valence-electron chi connectivity index (χ4n) is 3.40. The molecule has 3 nitrogen and oxygen atoms in total. The molecule has 2 aliphatic carbocycles. The third-order valence-electron chi connectivity index (χ3n) is 5.00. The van der Waals surface area contributed by atoms with Crippen LogP contribution in [0.25, 0.3) is 0 Å². The molecule has 114 valence electrons. The van der Waals surface area contributed by atoms with E-state index < -0.39 is 5.60 Å². The maximum Gasteiger partial charge on any atom is 0.224 e. The molecule has 0 aromatic rings. The van der Waals surface area contributed by atoms with Gasteiger partial charge in [0.1, 0.15) is 0 Å². The fourth-order valence-corrected chi connectivity index (χ4v) is 3.40. The zero-order valence-electron chi connectivity index (χ0n) is 12.8. The van der Waals surface area contributed by atoms with Gasteiger partial charge in [0, 0.05) is 13.0 Å². The Morgan fingerprint density at radius 3 is 2.75 bits per heavy atom. The molecule has 0 saturated heterocycles. The van der Waals surface area contributed by atoms with Crippen molar-refractivity contribution in [2.75, 3.05) is 6.54 Å². The van der Waals surface area contributed by atoms with Crippen molar-refractivity contribution in [2.45, 2.75) is 76.7 Å². The minimum atomic E-state index is -0.664. The molecule has 0 aliphatic heterocycles. The summed E-state index contributed by atoms with van der Waals surface area (Å²) in [4.78, 5) is 12.0.